The first-order valence-electron chi connectivity index (χ1n) is 7.49. The van der Waals surface area contributed by atoms with Crippen LogP contribution in [-0.4, -0.2) is 16.5 Å². The maximum Gasteiger partial charge on any atom is 0.134 e. The van der Waals surface area contributed by atoms with Crippen molar-refractivity contribution in [1.82, 2.24) is 9.97 Å². The fourth-order valence-electron chi connectivity index (χ4n) is 3.08. The van der Waals surface area contributed by atoms with Crippen LogP contribution in [0.2, 0.25) is 0 Å². The Hall–Kier alpha value is -0.770. The molecule has 2 heterocycles. The molecule has 1 N–H and O–H groups in total. The lowest BCUT2D eigenvalue weighted by Gasteiger charge is -2.14. The molecule has 1 aromatic rings. The zero-order chi connectivity index (χ0) is 13.2. The maximum atomic E-state index is 4.87. The fraction of sp³-hybridized carbons (Fsp3) is 0.733. The highest BCUT2D eigenvalue weighted by atomic mass is 32.2. The average Bonchev–Trinajstić information content (AvgIpc) is 3.03. The molecule has 4 heteroatoms. The monoisotopic (exact) mass is 277 g/mol. The minimum absolute atomic E-state index is 0.591. The van der Waals surface area contributed by atoms with E-state index in [0.29, 0.717) is 5.92 Å². The number of aromatic nitrogens is 2. The highest BCUT2D eigenvalue weighted by Crippen LogP contribution is 2.39. The summed E-state index contributed by atoms with van der Waals surface area (Å²) in [7, 11) is 0. The van der Waals surface area contributed by atoms with Gasteiger partial charge in [0.25, 0.3) is 0 Å². The van der Waals surface area contributed by atoms with Gasteiger partial charge in [-0.2, -0.15) is 11.8 Å². The molecule has 1 aromatic heterocycles. The Balaban J connectivity index is 1.88. The molecule has 1 saturated carbocycles. The van der Waals surface area contributed by atoms with E-state index in [1.165, 1.54) is 30.5 Å². The summed E-state index contributed by atoms with van der Waals surface area (Å²) in [5, 5.41) is 3.51. The molecule has 3 nitrogen and oxygen atoms in total. The summed E-state index contributed by atoms with van der Waals surface area (Å²) in [4.78, 5) is 9.73. The summed E-state index contributed by atoms with van der Waals surface area (Å²) in [5.41, 5.74) is 2.64. The summed E-state index contributed by atoms with van der Waals surface area (Å²) in [5.74, 6) is 5.78. The number of hydrogen-bond acceptors (Lipinski definition) is 4. The molecule has 2 aliphatic rings. The molecule has 19 heavy (non-hydrogen) atoms. The van der Waals surface area contributed by atoms with E-state index in [2.05, 4.69) is 19.2 Å². The molecule has 1 aliphatic heterocycles. The third-order valence-corrected chi connectivity index (χ3v) is 5.17. The summed E-state index contributed by atoms with van der Waals surface area (Å²) in [6.07, 6.45) is 5.00. The largest absolute Gasteiger partial charge is 0.370 e. The molecule has 1 aliphatic carbocycles. The van der Waals surface area contributed by atoms with Gasteiger partial charge >= 0.3 is 0 Å². The molecular formula is C15H23N3S. The van der Waals surface area contributed by atoms with Crippen LogP contribution in [0.3, 0.4) is 0 Å². The Morgan fingerprint density at radius 3 is 2.89 bits per heavy atom. The predicted octanol–water partition coefficient (Wildman–Crippen LogP) is 3.95. The van der Waals surface area contributed by atoms with Crippen LogP contribution >= 0.6 is 11.8 Å². The normalized spacial score (nSPS) is 25.6. The molecule has 0 bridgehead atoms. The van der Waals surface area contributed by atoms with E-state index in [4.69, 9.17) is 9.97 Å². The lowest BCUT2D eigenvalue weighted by Crippen LogP contribution is -2.11. The number of nitrogens with zero attached hydrogens (tertiary/aromatic N) is 2. The Morgan fingerprint density at radius 2 is 2.16 bits per heavy atom. The molecule has 2 unspecified atom stereocenters. The molecule has 0 saturated heterocycles. The molecule has 0 spiro atoms. The van der Waals surface area contributed by atoms with E-state index in [1.54, 1.807) is 0 Å². The number of fused-ring (bicyclic) bond motifs is 1. The van der Waals surface area contributed by atoms with Crippen molar-refractivity contribution < 1.29 is 0 Å². The van der Waals surface area contributed by atoms with Gasteiger partial charge in [-0.3, -0.25) is 0 Å². The minimum Gasteiger partial charge on any atom is -0.370 e. The number of rotatable bonds is 4. The van der Waals surface area contributed by atoms with Crippen molar-refractivity contribution in [1.29, 1.82) is 0 Å². The summed E-state index contributed by atoms with van der Waals surface area (Å²) in [6, 6.07) is 0. The van der Waals surface area contributed by atoms with Crippen molar-refractivity contribution in [3.8, 4) is 0 Å². The molecule has 2 atom stereocenters. The number of nitrogens with one attached hydrogen (secondary N) is 1. The van der Waals surface area contributed by atoms with Crippen molar-refractivity contribution in [3.63, 3.8) is 0 Å². The van der Waals surface area contributed by atoms with E-state index in [-0.39, 0.29) is 0 Å². The molecule has 104 valence electrons. The highest BCUT2D eigenvalue weighted by Gasteiger charge is 2.28. The van der Waals surface area contributed by atoms with E-state index in [9.17, 15) is 0 Å². The van der Waals surface area contributed by atoms with Gasteiger partial charge in [0.05, 0.1) is 5.69 Å². The molecule has 0 amide bonds. The van der Waals surface area contributed by atoms with Gasteiger partial charge in [0.15, 0.2) is 0 Å². The van der Waals surface area contributed by atoms with E-state index < -0.39 is 0 Å². The van der Waals surface area contributed by atoms with Crippen molar-refractivity contribution in [2.45, 2.75) is 57.0 Å². The summed E-state index contributed by atoms with van der Waals surface area (Å²) in [6.45, 7) is 5.55. The average molecular weight is 277 g/mol. The van der Waals surface area contributed by atoms with E-state index >= 15 is 0 Å². The standard InChI is InChI=1S/C15H23N3S/c1-3-6-16-15-12-8-19-9-13(12)17-14(18-15)11-5-4-10(2)7-11/h10-11H,3-9H2,1-2H3,(H,16,17,18). The predicted molar refractivity (Wildman–Crippen MR) is 81.6 cm³/mol. The molecule has 0 radical (unpaired) electrons. The second-order valence-corrected chi connectivity index (χ2v) is 6.88. The van der Waals surface area contributed by atoms with Gasteiger partial charge in [0, 0.05) is 29.5 Å². The zero-order valence-corrected chi connectivity index (χ0v) is 12.7. The van der Waals surface area contributed by atoms with Gasteiger partial charge in [-0.25, -0.2) is 9.97 Å². The first-order valence-corrected chi connectivity index (χ1v) is 8.64. The minimum atomic E-state index is 0.591. The third kappa shape index (κ3) is 2.73. The molecular weight excluding hydrogens is 254 g/mol. The van der Waals surface area contributed by atoms with Crippen LogP contribution < -0.4 is 5.32 Å². The van der Waals surface area contributed by atoms with Crippen molar-refractivity contribution >= 4 is 17.6 Å². The lowest BCUT2D eigenvalue weighted by molar-refractivity contribution is 0.584. The summed E-state index contributed by atoms with van der Waals surface area (Å²) >= 11 is 1.96. The van der Waals surface area contributed by atoms with Crippen molar-refractivity contribution in [3.05, 3.63) is 17.1 Å². The first kappa shape index (κ1) is 13.2. The SMILES string of the molecule is CCCNc1nc(C2CCC(C)C2)nc2c1CSC2. The van der Waals surface area contributed by atoms with Crippen LogP contribution in [0.15, 0.2) is 0 Å². The highest BCUT2D eigenvalue weighted by molar-refractivity contribution is 7.98. The van der Waals surface area contributed by atoms with Gasteiger partial charge in [-0.1, -0.05) is 13.8 Å². The topological polar surface area (TPSA) is 37.8 Å². The van der Waals surface area contributed by atoms with Crippen LogP contribution in [-0.2, 0) is 11.5 Å². The van der Waals surface area contributed by atoms with Crippen molar-refractivity contribution in [2.75, 3.05) is 11.9 Å². The Bertz CT molecular complexity index is 461. The van der Waals surface area contributed by atoms with Crippen LogP contribution in [0.25, 0.3) is 0 Å². The van der Waals surface area contributed by atoms with Crippen LogP contribution in [0.1, 0.15) is 62.5 Å². The smallest absolute Gasteiger partial charge is 0.134 e. The van der Waals surface area contributed by atoms with Gasteiger partial charge in [-0.15, -0.1) is 0 Å². The Morgan fingerprint density at radius 1 is 1.26 bits per heavy atom. The quantitative estimate of drug-likeness (QED) is 0.904. The molecule has 0 aromatic carbocycles. The zero-order valence-electron chi connectivity index (χ0n) is 11.9. The number of hydrogen-bond donors (Lipinski definition) is 1. The van der Waals surface area contributed by atoms with E-state index in [0.717, 1.165) is 42.0 Å². The maximum absolute atomic E-state index is 4.87. The van der Waals surface area contributed by atoms with Gasteiger partial charge in [0.2, 0.25) is 0 Å². The number of anilines is 1. The second-order valence-electron chi connectivity index (χ2n) is 5.89. The Labute approximate surface area is 120 Å². The van der Waals surface area contributed by atoms with Crippen LogP contribution in [0.4, 0.5) is 5.82 Å². The van der Waals surface area contributed by atoms with Crippen LogP contribution in [0, 0.1) is 5.92 Å². The van der Waals surface area contributed by atoms with Gasteiger partial charge in [-0.05, 0) is 31.6 Å². The summed E-state index contributed by atoms with van der Waals surface area (Å²) < 4.78 is 0. The third-order valence-electron chi connectivity index (χ3n) is 4.20. The number of thioether (sulfide) groups is 1. The lowest BCUT2D eigenvalue weighted by atomic mass is 10.0. The van der Waals surface area contributed by atoms with Crippen molar-refractivity contribution in [2.24, 2.45) is 5.92 Å². The second kappa shape index (κ2) is 5.70. The molecule has 3 rings (SSSR count). The van der Waals surface area contributed by atoms with Crippen LogP contribution in [0.5, 0.6) is 0 Å². The van der Waals surface area contributed by atoms with E-state index in [1.807, 2.05) is 11.8 Å². The Kier molecular flexibility index (Phi) is 3.96. The van der Waals surface area contributed by atoms with Gasteiger partial charge in [0.1, 0.15) is 11.6 Å². The fourth-order valence-corrected chi connectivity index (χ4v) is 4.13. The first-order chi connectivity index (χ1) is 9.28. The van der Waals surface area contributed by atoms with Gasteiger partial charge < -0.3 is 5.32 Å². The molecule has 1 fully saturated rings.